The summed E-state index contributed by atoms with van der Waals surface area (Å²) in [4.78, 5) is 26.0. The Morgan fingerprint density at radius 2 is 1.75 bits per heavy atom. The highest BCUT2D eigenvalue weighted by molar-refractivity contribution is 6.02. The third-order valence-corrected chi connectivity index (χ3v) is 2.00. The predicted octanol–water partition coefficient (Wildman–Crippen LogP) is 2.27. The fourth-order valence-corrected chi connectivity index (χ4v) is 1.21. The zero-order valence-corrected chi connectivity index (χ0v) is 8.97. The standard InChI is InChI=1S/C11H12O5/c1-11(2,15-10(13)16-14)9(12)8-6-4-3-5-7-8/h3-7,14H,1-2H3. The minimum atomic E-state index is -1.39. The Morgan fingerprint density at radius 1 is 1.19 bits per heavy atom. The highest BCUT2D eigenvalue weighted by atomic mass is 17.1. The molecule has 5 nitrogen and oxygen atoms in total. The highest BCUT2D eigenvalue weighted by Crippen LogP contribution is 2.17. The molecule has 0 saturated heterocycles. The highest BCUT2D eigenvalue weighted by Gasteiger charge is 2.33. The van der Waals surface area contributed by atoms with Crippen molar-refractivity contribution in [3.05, 3.63) is 35.9 Å². The average Bonchev–Trinajstić information content (AvgIpc) is 2.28. The van der Waals surface area contributed by atoms with Crippen LogP contribution in [-0.2, 0) is 9.62 Å². The number of carbonyl (C=O) groups is 2. The van der Waals surface area contributed by atoms with Gasteiger partial charge in [0.15, 0.2) is 5.60 Å². The summed E-state index contributed by atoms with van der Waals surface area (Å²) in [6.45, 7) is 2.83. The maximum Gasteiger partial charge on any atom is 0.541 e. The van der Waals surface area contributed by atoms with Gasteiger partial charge < -0.3 is 4.74 Å². The van der Waals surface area contributed by atoms with Gasteiger partial charge in [0.2, 0.25) is 5.78 Å². The smallest absolute Gasteiger partial charge is 0.418 e. The van der Waals surface area contributed by atoms with Crippen molar-refractivity contribution in [3.63, 3.8) is 0 Å². The number of rotatable bonds is 3. The molecule has 0 spiro atoms. The first kappa shape index (κ1) is 12.2. The number of carbonyl (C=O) groups excluding carboxylic acids is 2. The van der Waals surface area contributed by atoms with Crippen molar-refractivity contribution in [3.8, 4) is 0 Å². The number of Topliss-reactive ketones (excluding diaryl/α,β-unsaturated/α-hetero) is 1. The van der Waals surface area contributed by atoms with E-state index in [0.29, 0.717) is 5.56 Å². The van der Waals surface area contributed by atoms with E-state index < -0.39 is 11.8 Å². The Labute approximate surface area is 92.5 Å². The zero-order chi connectivity index (χ0) is 12.2. The minimum Gasteiger partial charge on any atom is -0.418 e. The number of ketones is 1. The molecule has 86 valence electrons. The van der Waals surface area contributed by atoms with Gasteiger partial charge in [-0.1, -0.05) is 30.3 Å². The molecular formula is C11H12O5. The Hall–Kier alpha value is -1.88. The van der Waals surface area contributed by atoms with Crippen molar-refractivity contribution in [1.29, 1.82) is 0 Å². The van der Waals surface area contributed by atoms with Crippen LogP contribution in [0.4, 0.5) is 4.79 Å². The molecule has 16 heavy (non-hydrogen) atoms. The fraction of sp³-hybridized carbons (Fsp3) is 0.273. The third kappa shape index (κ3) is 2.80. The molecule has 0 bridgehead atoms. The summed E-state index contributed by atoms with van der Waals surface area (Å²) in [5, 5.41) is 8.06. The minimum absolute atomic E-state index is 0.376. The summed E-state index contributed by atoms with van der Waals surface area (Å²) in [7, 11) is 0. The molecule has 0 unspecified atom stereocenters. The van der Waals surface area contributed by atoms with E-state index in [1.807, 2.05) is 0 Å². The molecule has 1 N–H and O–H groups in total. The van der Waals surface area contributed by atoms with Gasteiger partial charge in [0.1, 0.15) is 0 Å². The van der Waals surface area contributed by atoms with E-state index in [4.69, 9.17) is 5.26 Å². The van der Waals surface area contributed by atoms with Crippen LogP contribution >= 0.6 is 0 Å². The van der Waals surface area contributed by atoms with Gasteiger partial charge >= 0.3 is 6.16 Å². The lowest BCUT2D eigenvalue weighted by Crippen LogP contribution is -2.37. The van der Waals surface area contributed by atoms with Crippen molar-refractivity contribution in [1.82, 2.24) is 0 Å². The first-order valence-corrected chi connectivity index (χ1v) is 4.61. The molecule has 0 atom stereocenters. The third-order valence-electron chi connectivity index (χ3n) is 2.00. The van der Waals surface area contributed by atoms with Gasteiger partial charge in [-0.15, -0.1) is 0 Å². The van der Waals surface area contributed by atoms with Crippen LogP contribution in [-0.4, -0.2) is 22.8 Å². The largest absolute Gasteiger partial charge is 0.541 e. The van der Waals surface area contributed by atoms with Gasteiger partial charge in [-0.05, 0) is 13.8 Å². The topological polar surface area (TPSA) is 72.8 Å². The molecular weight excluding hydrogens is 212 g/mol. The van der Waals surface area contributed by atoms with Crippen LogP contribution in [0.25, 0.3) is 0 Å². The van der Waals surface area contributed by atoms with Crippen molar-refractivity contribution in [2.24, 2.45) is 0 Å². The van der Waals surface area contributed by atoms with Crippen LogP contribution in [0.2, 0.25) is 0 Å². The van der Waals surface area contributed by atoms with Gasteiger partial charge in [0.25, 0.3) is 0 Å². The summed E-state index contributed by atoms with van der Waals surface area (Å²) in [5.74, 6) is -0.376. The quantitative estimate of drug-likeness (QED) is 0.369. The molecule has 1 aromatic rings. The summed E-state index contributed by atoms with van der Waals surface area (Å²) in [6.07, 6.45) is -1.31. The second kappa shape index (κ2) is 4.76. The lowest BCUT2D eigenvalue weighted by Gasteiger charge is -2.21. The molecule has 0 saturated carbocycles. The summed E-state index contributed by atoms with van der Waals surface area (Å²) in [5.41, 5.74) is -0.973. The molecule has 0 aromatic heterocycles. The van der Waals surface area contributed by atoms with Crippen LogP contribution in [0.5, 0.6) is 0 Å². The number of hydrogen-bond donors (Lipinski definition) is 1. The average molecular weight is 224 g/mol. The Balaban J connectivity index is 2.84. The van der Waals surface area contributed by atoms with Gasteiger partial charge in [-0.2, -0.15) is 5.26 Å². The molecule has 0 aliphatic heterocycles. The van der Waals surface area contributed by atoms with E-state index in [-0.39, 0.29) is 5.78 Å². The van der Waals surface area contributed by atoms with Gasteiger partial charge in [0, 0.05) is 5.56 Å². The lowest BCUT2D eigenvalue weighted by molar-refractivity contribution is -0.208. The maximum absolute atomic E-state index is 11.9. The number of ether oxygens (including phenoxy) is 1. The second-order valence-corrected chi connectivity index (χ2v) is 3.65. The van der Waals surface area contributed by atoms with E-state index in [9.17, 15) is 9.59 Å². The van der Waals surface area contributed by atoms with Crippen molar-refractivity contribution in [2.45, 2.75) is 19.4 Å². The predicted molar refractivity (Wildman–Crippen MR) is 55.0 cm³/mol. The van der Waals surface area contributed by atoms with Gasteiger partial charge in [-0.25, -0.2) is 4.79 Å². The van der Waals surface area contributed by atoms with Gasteiger partial charge in [-0.3, -0.25) is 9.68 Å². The molecule has 1 rings (SSSR count). The number of hydrogen-bond acceptors (Lipinski definition) is 5. The SMILES string of the molecule is CC(C)(OC(=O)OO)C(=O)c1ccccc1. The van der Waals surface area contributed by atoms with Crippen LogP contribution in [0.1, 0.15) is 24.2 Å². The van der Waals surface area contributed by atoms with Crippen LogP contribution < -0.4 is 0 Å². The molecule has 0 aliphatic carbocycles. The van der Waals surface area contributed by atoms with Crippen molar-refractivity contribution in [2.75, 3.05) is 0 Å². The van der Waals surface area contributed by atoms with E-state index in [1.54, 1.807) is 30.3 Å². The van der Waals surface area contributed by atoms with Gasteiger partial charge in [0.05, 0.1) is 0 Å². The van der Waals surface area contributed by atoms with Crippen molar-refractivity contribution < 1.29 is 24.5 Å². The molecule has 0 radical (unpaired) electrons. The van der Waals surface area contributed by atoms with Crippen LogP contribution in [0.3, 0.4) is 0 Å². The first-order valence-electron chi connectivity index (χ1n) is 4.61. The summed E-state index contributed by atoms with van der Waals surface area (Å²) < 4.78 is 4.64. The Bertz CT molecular complexity index is 383. The van der Waals surface area contributed by atoms with Crippen LogP contribution in [0, 0.1) is 0 Å². The van der Waals surface area contributed by atoms with E-state index in [2.05, 4.69) is 9.62 Å². The van der Waals surface area contributed by atoms with Crippen molar-refractivity contribution >= 4 is 11.9 Å². The monoisotopic (exact) mass is 224 g/mol. The molecule has 0 amide bonds. The summed E-state index contributed by atoms with van der Waals surface area (Å²) in [6, 6.07) is 8.39. The molecule has 5 heteroatoms. The lowest BCUT2D eigenvalue weighted by atomic mass is 9.97. The number of benzene rings is 1. The normalized spacial score (nSPS) is 10.7. The fourth-order valence-electron chi connectivity index (χ4n) is 1.21. The van der Waals surface area contributed by atoms with E-state index in [1.165, 1.54) is 13.8 Å². The van der Waals surface area contributed by atoms with E-state index >= 15 is 0 Å². The Kier molecular flexibility index (Phi) is 3.63. The van der Waals surface area contributed by atoms with E-state index in [0.717, 1.165) is 0 Å². The molecule has 0 aliphatic rings. The molecule has 0 fully saturated rings. The first-order chi connectivity index (χ1) is 7.47. The molecule has 1 aromatic carbocycles. The Morgan fingerprint density at radius 3 is 2.25 bits per heavy atom. The second-order valence-electron chi connectivity index (χ2n) is 3.65. The molecule has 0 heterocycles. The zero-order valence-electron chi connectivity index (χ0n) is 8.97. The summed E-state index contributed by atoms with van der Waals surface area (Å²) >= 11 is 0. The maximum atomic E-state index is 11.9. The van der Waals surface area contributed by atoms with Crippen LogP contribution in [0.15, 0.2) is 30.3 Å².